The predicted octanol–water partition coefficient (Wildman–Crippen LogP) is 4.18. The van der Waals surface area contributed by atoms with Crippen LogP contribution < -0.4 is 0 Å². The highest BCUT2D eigenvalue weighted by Crippen LogP contribution is 2.23. The van der Waals surface area contributed by atoms with E-state index in [-0.39, 0.29) is 11.8 Å². The molecule has 1 N–H and O–H groups in total. The van der Waals surface area contributed by atoms with Gasteiger partial charge in [0.05, 0.1) is 11.1 Å². The largest absolute Gasteiger partial charge is 0.341 e. The van der Waals surface area contributed by atoms with E-state index in [4.69, 9.17) is 0 Å². The van der Waals surface area contributed by atoms with Crippen molar-refractivity contribution in [2.24, 2.45) is 0 Å². The molecule has 148 valence electrons. The van der Waals surface area contributed by atoms with Crippen molar-refractivity contribution in [2.75, 3.05) is 6.54 Å². The minimum Gasteiger partial charge on any atom is -0.341 e. The van der Waals surface area contributed by atoms with Crippen molar-refractivity contribution in [2.45, 2.75) is 39.0 Å². The number of fused-ring (bicyclic) bond motifs is 1. The topological polar surface area (TPSA) is 79.0 Å². The van der Waals surface area contributed by atoms with Crippen LogP contribution in [-0.4, -0.2) is 38.2 Å². The maximum absolute atomic E-state index is 12.3. The van der Waals surface area contributed by atoms with E-state index in [0.29, 0.717) is 17.7 Å². The molecule has 6 heteroatoms. The molecule has 2 amide bonds. The number of nitrogens with one attached hydrogen (secondary N) is 1. The molecule has 6 nitrogen and oxygen atoms in total. The number of carbonyl (C=O) groups is 2. The van der Waals surface area contributed by atoms with Crippen LogP contribution in [0.1, 0.15) is 57.8 Å². The average molecular weight is 388 g/mol. The third-order valence-electron chi connectivity index (χ3n) is 5.22. The highest BCUT2D eigenvalue weighted by atomic mass is 16.2. The second kappa shape index (κ2) is 8.39. The van der Waals surface area contributed by atoms with Crippen LogP contribution >= 0.6 is 0 Å². The first-order chi connectivity index (χ1) is 14.1. The summed E-state index contributed by atoms with van der Waals surface area (Å²) >= 11 is 0. The second-order valence-corrected chi connectivity index (χ2v) is 7.39. The van der Waals surface area contributed by atoms with Gasteiger partial charge < -0.3 is 4.98 Å². The molecule has 1 aliphatic rings. The molecule has 0 radical (unpaired) electrons. The SMILES string of the molecule is Cc1cccc(-c2ncc(CCCCCCN3C(=O)c4ccccc4C3=O)[nH]2)n1. The van der Waals surface area contributed by atoms with Crippen LogP contribution in [0.25, 0.3) is 11.5 Å². The number of H-pyrrole nitrogens is 1. The molecule has 0 saturated heterocycles. The summed E-state index contributed by atoms with van der Waals surface area (Å²) in [6.45, 7) is 2.45. The standard InChI is InChI=1S/C23H24N4O2/c1-16-9-8-13-20(25-16)21-24-15-17(26-21)10-4-2-3-7-14-27-22(28)18-11-5-6-12-19(18)23(27)29/h5-6,8-9,11-13,15H,2-4,7,10,14H2,1H3,(H,24,26). The number of pyridine rings is 1. The van der Waals surface area contributed by atoms with Crippen molar-refractivity contribution < 1.29 is 9.59 Å². The molecule has 3 aromatic rings. The summed E-state index contributed by atoms with van der Waals surface area (Å²) in [6.07, 6.45) is 6.68. The van der Waals surface area contributed by atoms with Gasteiger partial charge in [0, 0.05) is 24.1 Å². The van der Waals surface area contributed by atoms with Crippen LogP contribution in [0.15, 0.2) is 48.7 Å². The number of unbranched alkanes of at least 4 members (excludes halogenated alkanes) is 3. The van der Waals surface area contributed by atoms with E-state index in [2.05, 4.69) is 15.0 Å². The highest BCUT2D eigenvalue weighted by molar-refractivity contribution is 6.21. The Morgan fingerprint density at radius 3 is 2.34 bits per heavy atom. The molecular formula is C23H24N4O2. The normalized spacial score (nSPS) is 13.2. The number of aromatic nitrogens is 3. The quantitative estimate of drug-likeness (QED) is 0.464. The molecule has 0 saturated carbocycles. The van der Waals surface area contributed by atoms with E-state index in [1.165, 1.54) is 4.90 Å². The first-order valence-electron chi connectivity index (χ1n) is 10.1. The van der Waals surface area contributed by atoms with Crippen molar-refractivity contribution in [1.29, 1.82) is 0 Å². The molecule has 0 bridgehead atoms. The predicted molar refractivity (Wildman–Crippen MR) is 111 cm³/mol. The van der Waals surface area contributed by atoms with Crippen LogP contribution in [0, 0.1) is 6.92 Å². The number of aryl methyl sites for hydroxylation is 2. The Kier molecular flexibility index (Phi) is 5.51. The maximum Gasteiger partial charge on any atom is 0.261 e. The number of hydrogen-bond acceptors (Lipinski definition) is 4. The van der Waals surface area contributed by atoms with Gasteiger partial charge in [-0.05, 0) is 50.5 Å². The summed E-state index contributed by atoms with van der Waals surface area (Å²) in [5, 5.41) is 0. The highest BCUT2D eigenvalue weighted by Gasteiger charge is 2.34. The molecule has 1 aromatic carbocycles. The van der Waals surface area contributed by atoms with E-state index in [1.54, 1.807) is 24.3 Å². The zero-order valence-electron chi connectivity index (χ0n) is 16.5. The fourth-order valence-electron chi connectivity index (χ4n) is 3.67. The van der Waals surface area contributed by atoms with Crippen molar-refractivity contribution in [3.63, 3.8) is 0 Å². The molecule has 29 heavy (non-hydrogen) atoms. The summed E-state index contributed by atoms with van der Waals surface area (Å²) in [6, 6.07) is 12.9. The number of imide groups is 1. The molecule has 0 unspecified atom stereocenters. The molecule has 3 heterocycles. The van der Waals surface area contributed by atoms with Crippen molar-refractivity contribution in [3.05, 3.63) is 71.2 Å². The smallest absolute Gasteiger partial charge is 0.261 e. The molecule has 2 aromatic heterocycles. The molecule has 0 spiro atoms. The van der Waals surface area contributed by atoms with E-state index >= 15 is 0 Å². The number of amides is 2. The van der Waals surface area contributed by atoms with Crippen LogP contribution in [0.5, 0.6) is 0 Å². The van der Waals surface area contributed by atoms with E-state index in [9.17, 15) is 9.59 Å². The van der Waals surface area contributed by atoms with Crippen LogP contribution in [0.3, 0.4) is 0 Å². The van der Waals surface area contributed by atoms with Gasteiger partial charge in [-0.2, -0.15) is 0 Å². The van der Waals surface area contributed by atoms with Gasteiger partial charge in [0.1, 0.15) is 5.69 Å². The fourth-order valence-corrected chi connectivity index (χ4v) is 3.67. The van der Waals surface area contributed by atoms with Crippen LogP contribution in [0.2, 0.25) is 0 Å². The molecule has 0 fully saturated rings. The second-order valence-electron chi connectivity index (χ2n) is 7.39. The van der Waals surface area contributed by atoms with E-state index in [1.807, 2.05) is 31.3 Å². The monoisotopic (exact) mass is 388 g/mol. The number of carbonyl (C=O) groups excluding carboxylic acids is 2. The molecule has 0 atom stereocenters. The van der Waals surface area contributed by atoms with Gasteiger partial charge >= 0.3 is 0 Å². The number of nitrogens with zero attached hydrogens (tertiary/aromatic N) is 3. The first-order valence-corrected chi connectivity index (χ1v) is 10.1. The minimum atomic E-state index is -0.166. The third kappa shape index (κ3) is 4.11. The number of rotatable bonds is 8. The van der Waals surface area contributed by atoms with E-state index in [0.717, 1.165) is 55.0 Å². The number of hydrogen-bond donors (Lipinski definition) is 1. The Morgan fingerprint density at radius 2 is 1.62 bits per heavy atom. The molecule has 1 aliphatic heterocycles. The first kappa shape index (κ1) is 19.1. The minimum absolute atomic E-state index is 0.166. The number of imidazole rings is 1. The average Bonchev–Trinajstić information content (AvgIpc) is 3.29. The Balaban J connectivity index is 1.20. The lowest BCUT2D eigenvalue weighted by Gasteiger charge is -2.13. The van der Waals surface area contributed by atoms with Gasteiger partial charge in [-0.25, -0.2) is 9.97 Å². The summed E-state index contributed by atoms with van der Waals surface area (Å²) in [7, 11) is 0. The lowest BCUT2D eigenvalue weighted by Crippen LogP contribution is -2.30. The van der Waals surface area contributed by atoms with Gasteiger partial charge in [0.15, 0.2) is 5.82 Å². The number of aromatic amines is 1. The Bertz CT molecular complexity index is 1010. The fraction of sp³-hybridized carbons (Fsp3) is 0.304. The molecule has 0 aliphatic carbocycles. The number of benzene rings is 1. The van der Waals surface area contributed by atoms with Crippen molar-refractivity contribution >= 4 is 11.8 Å². The van der Waals surface area contributed by atoms with Crippen molar-refractivity contribution in [1.82, 2.24) is 19.9 Å². The van der Waals surface area contributed by atoms with Gasteiger partial charge in [0.2, 0.25) is 0 Å². The zero-order chi connectivity index (χ0) is 20.2. The van der Waals surface area contributed by atoms with E-state index < -0.39 is 0 Å². The van der Waals surface area contributed by atoms with Gasteiger partial charge in [0.25, 0.3) is 11.8 Å². The zero-order valence-corrected chi connectivity index (χ0v) is 16.5. The van der Waals surface area contributed by atoms with Gasteiger partial charge in [-0.15, -0.1) is 0 Å². The van der Waals surface area contributed by atoms with Crippen LogP contribution in [0.4, 0.5) is 0 Å². The summed E-state index contributed by atoms with van der Waals surface area (Å²) < 4.78 is 0. The maximum atomic E-state index is 12.3. The Labute approximate surface area is 170 Å². The summed E-state index contributed by atoms with van der Waals surface area (Å²) in [4.78, 5) is 38.3. The lowest BCUT2D eigenvalue weighted by molar-refractivity contribution is 0.0651. The lowest BCUT2D eigenvalue weighted by atomic mass is 10.1. The van der Waals surface area contributed by atoms with Crippen molar-refractivity contribution in [3.8, 4) is 11.5 Å². The third-order valence-corrected chi connectivity index (χ3v) is 5.22. The Hall–Kier alpha value is -3.28. The summed E-state index contributed by atoms with van der Waals surface area (Å²) in [5.74, 6) is 0.468. The van der Waals surface area contributed by atoms with Gasteiger partial charge in [-0.1, -0.05) is 31.0 Å². The van der Waals surface area contributed by atoms with Gasteiger partial charge in [-0.3, -0.25) is 14.5 Å². The molecule has 4 rings (SSSR count). The molecular weight excluding hydrogens is 364 g/mol. The van der Waals surface area contributed by atoms with Crippen LogP contribution in [-0.2, 0) is 6.42 Å². The summed E-state index contributed by atoms with van der Waals surface area (Å²) in [5.41, 5.74) is 3.98. The Morgan fingerprint density at radius 1 is 0.897 bits per heavy atom.